The first-order valence-electron chi connectivity index (χ1n) is 19.7. The zero-order valence-electron chi connectivity index (χ0n) is 31.3. The second-order valence-corrected chi connectivity index (χ2v) is 14.9. The number of nitrogens with zero attached hydrogens (tertiary/aromatic N) is 2. The molecule has 0 aromatic heterocycles. The molecule has 0 saturated carbocycles. The van der Waals surface area contributed by atoms with Gasteiger partial charge in [-0.2, -0.15) is 0 Å². The first-order valence-corrected chi connectivity index (χ1v) is 19.7. The molecule has 9 aromatic carbocycles. The normalized spacial score (nSPS) is 12.8. The van der Waals surface area contributed by atoms with E-state index in [0.29, 0.717) is 0 Å². The Labute approximate surface area is 334 Å². The van der Waals surface area contributed by atoms with Crippen LogP contribution in [0, 0.1) is 0 Å². The van der Waals surface area contributed by atoms with Gasteiger partial charge in [0.1, 0.15) is 6.17 Å². The zero-order chi connectivity index (χ0) is 37.7. The lowest BCUT2D eigenvalue weighted by atomic mass is 9.76. The molecule has 2 aliphatic rings. The van der Waals surface area contributed by atoms with Crippen LogP contribution in [0.4, 0.5) is 22.7 Å². The van der Waals surface area contributed by atoms with E-state index in [1.807, 2.05) is 0 Å². The molecule has 0 fully saturated rings. The summed E-state index contributed by atoms with van der Waals surface area (Å²) < 4.78 is 0. The maximum atomic E-state index is 2.60. The van der Waals surface area contributed by atoms with Crippen molar-refractivity contribution in [1.29, 1.82) is 0 Å². The van der Waals surface area contributed by atoms with Crippen molar-refractivity contribution in [3.8, 4) is 66.8 Å². The van der Waals surface area contributed by atoms with E-state index in [-0.39, 0.29) is 6.17 Å². The van der Waals surface area contributed by atoms with Crippen molar-refractivity contribution in [3.05, 3.63) is 230 Å². The summed E-state index contributed by atoms with van der Waals surface area (Å²) in [5.41, 5.74) is 20.6. The lowest BCUT2D eigenvalue weighted by Gasteiger charge is -2.51. The van der Waals surface area contributed by atoms with E-state index in [0.717, 1.165) is 11.4 Å². The van der Waals surface area contributed by atoms with Crippen molar-refractivity contribution < 1.29 is 0 Å². The largest absolute Gasteiger partial charge is 0.315 e. The molecule has 0 unspecified atom stereocenters. The van der Waals surface area contributed by atoms with Crippen molar-refractivity contribution >= 4 is 22.7 Å². The Balaban J connectivity index is 1.31. The van der Waals surface area contributed by atoms with Crippen LogP contribution in [0.15, 0.2) is 224 Å². The van der Waals surface area contributed by atoms with Crippen LogP contribution in [0.1, 0.15) is 11.7 Å². The Morgan fingerprint density at radius 1 is 0.263 bits per heavy atom. The average molecular weight is 727 g/mol. The third-order valence-corrected chi connectivity index (χ3v) is 11.6. The minimum absolute atomic E-state index is 0.203. The SMILES string of the molecule is c1ccc(-c2cc(-c3ccccc3)c3c(c2)N(c2ccccc2)C2c4c-3cccc4-c3c(-c4ccccc4)cc(-c4ccccc4)cc3N2c2ccccc2)cc1. The highest BCUT2D eigenvalue weighted by Crippen LogP contribution is 2.62. The number of hydrogen-bond acceptors (Lipinski definition) is 2. The van der Waals surface area contributed by atoms with E-state index >= 15 is 0 Å². The van der Waals surface area contributed by atoms with Crippen molar-refractivity contribution in [2.75, 3.05) is 9.80 Å². The predicted molar refractivity (Wildman–Crippen MR) is 239 cm³/mol. The first-order chi connectivity index (χ1) is 28.3. The smallest absolute Gasteiger partial charge is 0.138 e. The Hall–Kier alpha value is -7.42. The Morgan fingerprint density at radius 3 is 0.965 bits per heavy atom. The number of benzene rings is 9. The lowest BCUT2D eigenvalue weighted by molar-refractivity contribution is 0.695. The minimum Gasteiger partial charge on any atom is -0.315 e. The van der Waals surface area contributed by atoms with Gasteiger partial charge in [-0.1, -0.05) is 176 Å². The third-order valence-electron chi connectivity index (χ3n) is 11.6. The summed E-state index contributed by atoms with van der Waals surface area (Å²) in [5, 5.41) is 0. The topological polar surface area (TPSA) is 6.48 Å². The van der Waals surface area contributed by atoms with Gasteiger partial charge in [-0.25, -0.2) is 0 Å². The molecule has 0 aliphatic carbocycles. The van der Waals surface area contributed by atoms with E-state index in [1.54, 1.807) is 0 Å². The molecule has 2 heterocycles. The summed E-state index contributed by atoms with van der Waals surface area (Å²) in [6.07, 6.45) is -0.203. The van der Waals surface area contributed by atoms with Crippen molar-refractivity contribution in [2.45, 2.75) is 6.17 Å². The minimum atomic E-state index is -0.203. The summed E-state index contributed by atoms with van der Waals surface area (Å²) in [6.45, 7) is 0. The number of para-hydroxylation sites is 2. The fourth-order valence-electron chi connectivity index (χ4n) is 9.14. The number of fused-ring (bicyclic) bond motifs is 4. The van der Waals surface area contributed by atoms with Crippen LogP contribution in [0.3, 0.4) is 0 Å². The highest BCUT2D eigenvalue weighted by atomic mass is 15.4. The van der Waals surface area contributed by atoms with Gasteiger partial charge in [0.2, 0.25) is 0 Å². The van der Waals surface area contributed by atoms with Gasteiger partial charge in [-0.15, -0.1) is 0 Å². The Morgan fingerprint density at radius 2 is 0.596 bits per heavy atom. The molecule has 57 heavy (non-hydrogen) atoms. The van der Waals surface area contributed by atoms with Crippen molar-refractivity contribution in [3.63, 3.8) is 0 Å². The van der Waals surface area contributed by atoms with Gasteiger partial charge in [0, 0.05) is 28.1 Å². The standard InChI is InChI=1S/C55H38N2/c1-7-20-38(21-8-1)42-34-48(40-24-11-3-12-25-40)52-46-32-19-33-47-53-49(41-26-13-4-14-27-41)35-43(39-22-9-2-10-23-39)37-51(53)57(45-30-17-6-18-31-45)55(54(46)47)56(50(52)36-42)44-28-15-5-16-29-44/h1-37,55H. The predicted octanol–water partition coefficient (Wildman–Crippen LogP) is 15.0. The van der Waals surface area contributed by atoms with Crippen LogP contribution >= 0.6 is 0 Å². The van der Waals surface area contributed by atoms with Crippen LogP contribution < -0.4 is 9.80 Å². The molecular weight excluding hydrogens is 689 g/mol. The van der Waals surface area contributed by atoms with Crippen LogP contribution in [0.5, 0.6) is 0 Å². The molecule has 0 amide bonds. The monoisotopic (exact) mass is 726 g/mol. The fourth-order valence-corrected chi connectivity index (χ4v) is 9.14. The molecule has 9 aromatic rings. The highest BCUT2D eigenvalue weighted by molar-refractivity contribution is 6.08. The molecule has 0 radical (unpaired) electrons. The Kier molecular flexibility index (Phi) is 7.93. The molecular formula is C55H38N2. The third kappa shape index (κ3) is 5.49. The summed E-state index contributed by atoms with van der Waals surface area (Å²) >= 11 is 0. The van der Waals surface area contributed by atoms with Gasteiger partial charge in [0.25, 0.3) is 0 Å². The van der Waals surface area contributed by atoms with E-state index < -0.39 is 0 Å². The Bertz CT molecular complexity index is 2680. The molecule has 0 atom stereocenters. The highest BCUT2D eigenvalue weighted by Gasteiger charge is 2.44. The van der Waals surface area contributed by atoms with Gasteiger partial charge in [-0.3, -0.25) is 0 Å². The molecule has 268 valence electrons. The maximum Gasteiger partial charge on any atom is 0.138 e. The fraction of sp³-hybridized carbons (Fsp3) is 0.0182. The van der Waals surface area contributed by atoms with Gasteiger partial charge in [0.15, 0.2) is 0 Å². The van der Waals surface area contributed by atoms with Crippen molar-refractivity contribution in [2.24, 2.45) is 0 Å². The second kappa shape index (κ2) is 13.7. The maximum absolute atomic E-state index is 2.60. The first kappa shape index (κ1) is 33.0. The van der Waals surface area contributed by atoms with Crippen LogP contribution in [0.25, 0.3) is 66.8 Å². The molecule has 0 N–H and O–H groups in total. The lowest BCUT2D eigenvalue weighted by Crippen LogP contribution is -2.42. The molecule has 2 aliphatic heterocycles. The second-order valence-electron chi connectivity index (χ2n) is 14.9. The van der Waals surface area contributed by atoms with Gasteiger partial charge in [-0.05, 0) is 104 Å². The summed E-state index contributed by atoms with van der Waals surface area (Å²) in [7, 11) is 0. The number of anilines is 4. The van der Waals surface area contributed by atoms with Gasteiger partial charge >= 0.3 is 0 Å². The van der Waals surface area contributed by atoms with E-state index in [4.69, 9.17) is 0 Å². The van der Waals surface area contributed by atoms with E-state index in [1.165, 1.54) is 83.7 Å². The number of hydrogen-bond donors (Lipinski definition) is 0. The van der Waals surface area contributed by atoms with Gasteiger partial charge < -0.3 is 9.80 Å². The molecule has 0 spiro atoms. The van der Waals surface area contributed by atoms with E-state index in [9.17, 15) is 0 Å². The van der Waals surface area contributed by atoms with Crippen LogP contribution in [-0.4, -0.2) is 0 Å². The molecule has 2 heteroatoms. The van der Waals surface area contributed by atoms with E-state index in [2.05, 4.69) is 234 Å². The summed E-state index contributed by atoms with van der Waals surface area (Å²) in [4.78, 5) is 5.21. The zero-order valence-corrected chi connectivity index (χ0v) is 31.3. The van der Waals surface area contributed by atoms with Crippen molar-refractivity contribution in [1.82, 2.24) is 0 Å². The summed E-state index contributed by atoms with van der Waals surface area (Å²) in [5.74, 6) is 0. The molecule has 11 rings (SSSR count). The average Bonchev–Trinajstić information content (AvgIpc) is 3.30. The molecule has 0 bridgehead atoms. The summed E-state index contributed by atoms with van der Waals surface area (Å²) in [6, 6.07) is 82.1. The van der Waals surface area contributed by atoms with Crippen LogP contribution in [0.2, 0.25) is 0 Å². The number of rotatable bonds is 6. The molecule has 2 nitrogen and oxygen atoms in total. The quantitative estimate of drug-likeness (QED) is 0.168. The van der Waals surface area contributed by atoms with Crippen LogP contribution in [-0.2, 0) is 0 Å². The molecule has 0 saturated heterocycles. The van der Waals surface area contributed by atoms with Gasteiger partial charge in [0.05, 0.1) is 11.4 Å².